The van der Waals surface area contributed by atoms with Crippen LogP contribution >= 0.6 is 15.9 Å². The second-order valence-corrected chi connectivity index (χ2v) is 5.22. The summed E-state index contributed by atoms with van der Waals surface area (Å²) in [7, 11) is 0. The summed E-state index contributed by atoms with van der Waals surface area (Å²) < 4.78 is 6.71. The molecule has 16 heavy (non-hydrogen) atoms. The normalized spacial score (nSPS) is 11.1. The molecule has 90 valence electrons. The fourth-order valence-corrected chi connectivity index (χ4v) is 1.88. The van der Waals surface area contributed by atoms with Gasteiger partial charge in [-0.05, 0) is 29.5 Å². The second-order valence-electron chi connectivity index (χ2n) is 4.36. The van der Waals surface area contributed by atoms with Crippen LogP contribution in [0.3, 0.4) is 0 Å². The number of nitrogens with two attached hydrogens (primary N) is 1. The molecule has 0 fully saturated rings. The molecular formula is C13H20BrNO. The first-order valence-corrected chi connectivity index (χ1v) is 6.48. The van der Waals surface area contributed by atoms with Crippen LogP contribution in [0.2, 0.25) is 0 Å². The van der Waals surface area contributed by atoms with E-state index in [0.29, 0.717) is 19.1 Å². The van der Waals surface area contributed by atoms with E-state index >= 15 is 0 Å². The van der Waals surface area contributed by atoms with Crippen molar-refractivity contribution in [1.29, 1.82) is 0 Å². The summed E-state index contributed by atoms with van der Waals surface area (Å²) in [5, 5.41) is 0. The maximum absolute atomic E-state index is 5.62. The fourth-order valence-electron chi connectivity index (χ4n) is 1.34. The number of halogens is 1. The molecule has 0 aromatic heterocycles. The highest BCUT2D eigenvalue weighted by molar-refractivity contribution is 9.10. The zero-order chi connectivity index (χ0) is 12.0. The van der Waals surface area contributed by atoms with E-state index in [1.807, 2.05) is 6.07 Å². The summed E-state index contributed by atoms with van der Waals surface area (Å²) in [6.45, 7) is 6.47. The third-order valence-corrected chi connectivity index (χ3v) is 3.19. The number of ether oxygens (including phenoxy) is 1. The molecule has 1 aromatic rings. The van der Waals surface area contributed by atoms with Crippen LogP contribution in [0, 0.1) is 5.92 Å². The third kappa shape index (κ3) is 4.64. The van der Waals surface area contributed by atoms with E-state index in [-0.39, 0.29) is 0 Å². The number of hydrogen-bond donors (Lipinski definition) is 1. The quantitative estimate of drug-likeness (QED) is 0.813. The van der Waals surface area contributed by atoms with Crippen LogP contribution in [0.15, 0.2) is 22.7 Å². The van der Waals surface area contributed by atoms with Gasteiger partial charge >= 0.3 is 0 Å². The summed E-state index contributed by atoms with van der Waals surface area (Å²) >= 11 is 3.53. The van der Waals surface area contributed by atoms with Crippen molar-refractivity contribution >= 4 is 15.9 Å². The summed E-state index contributed by atoms with van der Waals surface area (Å²) in [5.74, 6) is 0.697. The molecule has 0 aliphatic heterocycles. The lowest BCUT2D eigenvalue weighted by Gasteiger charge is -2.09. The van der Waals surface area contributed by atoms with Gasteiger partial charge in [0, 0.05) is 17.6 Å². The lowest BCUT2D eigenvalue weighted by atomic mass is 10.1. The molecule has 0 saturated carbocycles. The van der Waals surface area contributed by atoms with Gasteiger partial charge in [0.25, 0.3) is 0 Å². The highest BCUT2D eigenvalue weighted by Crippen LogP contribution is 2.19. The van der Waals surface area contributed by atoms with Crippen molar-refractivity contribution < 1.29 is 4.74 Å². The number of rotatable bonds is 6. The molecule has 0 radical (unpaired) electrons. The second kappa shape index (κ2) is 7.05. The molecular weight excluding hydrogens is 266 g/mol. The van der Waals surface area contributed by atoms with E-state index in [0.717, 1.165) is 23.1 Å². The fraction of sp³-hybridized carbons (Fsp3) is 0.538. The summed E-state index contributed by atoms with van der Waals surface area (Å²) in [5.41, 5.74) is 7.89. The molecule has 0 unspecified atom stereocenters. The van der Waals surface area contributed by atoms with Crippen LogP contribution in [-0.2, 0) is 17.9 Å². The Morgan fingerprint density at radius 2 is 2.12 bits per heavy atom. The van der Waals surface area contributed by atoms with E-state index in [2.05, 4.69) is 41.9 Å². The summed E-state index contributed by atoms with van der Waals surface area (Å²) in [6, 6.07) is 6.18. The molecule has 2 N–H and O–H groups in total. The molecule has 1 rings (SSSR count). The first-order valence-electron chi connectivity index (χ1n) is 5.68. The van der Waals surface area contributed by atoms with Crippen molar-refractivity contribution in [3.8, 4) is 0 Å². The molecule has 0 amide bonds. The average Bonchev–Trinajstić information content (AvgIpc) is 2.25. The largest absolute Gasteiger partial charge is 0.377 e. The van der Waals surface area contributed by atoms with Gasteiger partial charge in [-0.25, -0.2) is 0 Å². The monoisotopic (exact) mass is 285 g/mol. The molecule has 0 saturated heterocycles. The maximum Gasteiger partial charge on any atom is 0.0727 e. The van der Waals surface area contributed by atoms with Crippen LogP contribution in [0.4, 0.5) is 0 Å². The molecule has 0 heterocycles. The van der Waals surface area contributed by atoms with Gasteiger partial charge in [-0.1, -0.05) is 41.9 Å². The molecule has 0 atom stereocenters. The van der Waals surface area contributed by atoms with Crippen molar-refractivity contribution in [2.75, 3.05) is 6.61 Å². The maximum atomic E-state index is 5.62. The highest BCUT2D eigenvalue weighted by Gasteiger charge is 2.01. The minimum atomic E-state index is 0.576. The molecule has 2 nitrogen and oxygen atoms in total. The zero-order valence-corrected chi connectivity index (χ0v) is 11.6. The molecule has 0 bridgehead atoms. The average molecular weight is 286 g/mol. The van der Waals surface area contributed by atoms with Gasteiger partial charge in [0.05, 0.1) is 6.61 Å². The third-order valence-electron chi connectivity index (χ3n) is 2.45. The number of hydrogen-bond acceptors (Lipinski definition) is 2. The molecule has 1 aromatic carbocycles. The SMILES string of the molecule is CC(C)CCOCc1ccc(CN)cc1Br. The van der Waals surface area contributed by atoms with Crippen LogP contribution in [0.25, 0.3) is 0 Å². The van der Waals surface area contributed by atoms with Gasteiger partial charge in [-0.15, -0.1) is 0 Å². The Morgan fingerprint density at radius 1 is 1.38 bits per heavy atom. The van der Waals surface area contributed by atoms with Crippen molar-refractivity contribution in [1.82, 2.24) is 0 Å². The van der Waals surface area contributed by atoms with Crippen molar-refractivity contribution in [2.24, 2.45) is 11.7 Å². The minimum absolute atomic E-state index is 0.576. The molecule has 3 heteroatoms. The lowest BCUT2D eigenvalue weighted by molar-refractivity contribution is 0.110. The van der Waals surface area contributed by atoms with Crippen LogP contribution < -0.4 is 5.73 Å². The minimum Gasteiger partial charge on any atom is -0.377 e. The Bertz CT molecular complexity index is 326. The van der Waals surface area contributed by atoms with Crippen molar-refractivity contribution in [3.05, 3.63) is 33.8 Å². The zero-order valence-electron chi connectivity index (χ0n) is 10.0. The highest BCUT2D eigenvalue weighted by atomic mass is 79.9. The van der Waals surface area contributed by atoms with E-state index in [1.54, 1.807) is 0 Å². The van der Waals surface area contributed by atoms with Gasteiger partial charge in [0.15, 0.2) is 0 Å². The van der Waals surface area contributed by atoms with Gasteiger partial charge in [0.2, 0.25) is 0 Å². The van der Waals surface area contributed by atoms with E-state index in [9.17, 15) is 0 Å². The Hall–Kier alpha value is -0.380. The van der Waals surface area contributed by atoms with Gasteiger partial charge < -0.3 is 10.5 Å². The van der Waals surface area contributed by atoms with Crippen LogP contribution in [0.1, 0.15) is 31.4 Å². The van der Waals surface area contributed by atoms with Crippen molar-refractivity contribution in [3.63, 3.8) is 0 Å². The first kappa shape index (κ1) is 13.7. The van der Waals surface area contributed by atoms with Crippen molar-refractivity contribution in [2.45, 2.75) is 33.4 Å². The Morgan fingerprint density at radius 3 is 2.69 bits per heavy atom. The topological polar surface area (TPSA) is 35.2 Å². The van der Waals surface area contributed by atoms with Gasteiger partial charge in [-0.3, -0.25) is 0 Å². The summed E-state index contributed by atoms with van der Waals surface area (Å²) in [4.78, 5) is 0. The Balaban J connectivity index is 2.42. The number of benzene rings is 1. The predicted octanol–water partition coefficient (Wildman–Crippen LogP) is 3.47. The van der Waals surface area contributed by atoms with Gasteiger partial charge in [0.1, 0.15) is 0 Å². The first-order chi connectivity index (χ1) is 7.63. The van der Waals surface area contributed by atoms with E-state index < -0.39 is 0 Å². The Kier molecular flexibility index (Phi) is 6.03. The van der Waals surface area contributed by atoms with Gasteiger partial charge in [-0.2, -0.15) is 0 Å². The standard InChI is InChI=1S/C13H20BrNO/c1-10(2)5-6-16-9-12-4-3-11(8-15)7-13(12)14/h3-4,7,10H,5-6,8-9,15H2,1-2H3. The predicted molar refractivity (Wildman–Crippen MR) is 71.1 cm³/mol. The van der Waals surface area contributed by atoms with Crippen LogP contribution in [0.5, 0.6) is 0 Å². The smallest absolute Gasteiger partial charge is 0.0727 e. The van der Waals surface area contributed by atoms with E-state index in [1.165, 1.54) is 5.56 Å². The molecule has 0 spiro atoms. The lowest BCUT2D eigenvalue weighted by Crippen LogP contribution is -2.01. The van der Waals surface area contributed by atoms with Crippen LogP contribution in [-0.4, -0.2) is 6.61 Å². The summed E-state index contributed by atoms with van der Waals surface area (Å²) in [6.07, 6.45) is 1.11. The van der Waals surface area contributed by atoms with E-state index in [4.69, 9.17) is 10.5 Å². The Labute approximate surface area is 106 Å². The molecule has 0 aliphatic carbocycles. The molecule has 0 aliphatic rings.